The molecular formula is C32H35N5O3. The number of aryl methyl sites for hydroxylation is 3. The van der Waals surface area contributed by atoms with Gasteiger partial charge >= 0.3 is 0 Å². The maximum absolute atomic E-state index is 13.4. The van der Waals surface area contributed by atoms with Crippen molar-refractivity contribution in [2.24, 2.45) is 0 Å². The molecule has 1 aliphatic heterocycles. The molecular weight excluding hydrogens is 502 g/mol. The lowest BCUT2D eigenvalue weighted by atomic mass is 10.0. The topological polar surface area (TPSA) is 90.7 Å². The third-order valence-electron chi connectivity index (χ3n) is 7.31. The number of nitrogens with zero attached hydrogens (tertiary/aromatic N) is 4. The van der Waals surface area contributed by atoms with E-state index >= 15 is 0 Å². The summed E-state index contributed by atoms with van der Waals surface area (Å²) in [6.45, 7) is 9.56. The number of rotatable bonds is 8. The normalized spacial score (nSPS) is 13.4. The van der Waals surface area contributed by atoms with Crippen molar-refractivity contribution in [2.45, 2.75) is 27.3 Å². The number of amides is 1. The van der Waals surface area contributed by atoms with Crippen molar-refractivity contribution in [3.8, 4) is 11.1 Å². The lowest BCUT2D eigenvalue weighted by Crippen LogP contribution is -2.46. The monoisotopic (exact) mass is 537 g/mol. The van der Waals surface area contributed by atoms with Crippen LogP contribution in [0, 0.1) is 20.8 Å². The fraction of sp³-hybridized carbons (Fsp3) is 0.281. The first-order chi connectivity index (χ1) is 19.3. The molecule has 1 saturated heterocycles. The van der Waals surface area contributed by atoms with Crippen molar-refractivity contribution in [1.82, 2.24) is 9.55 Å². The number of hydrogen-bond donors (Lipinski definition) is 2. The second-order valence-corrected chi connectivity index (χ2v) is 10.2. The molecule has 5 rings (SSSR count). The number of anilines is 3. The van der Waals surface area contributed by atoms with Crippen molar-refractivity contribution in [3.63, 3.8) is 0 Å². The van der Waals surface area contributed by atoms with Crippen LogP contribution in [0.15, 0.2) is 72.8 Å². The summed E-state index contributed by atoms with van der Waals surface area (Å²) in [7, 11) is 0. The fourth-order valence-electron chi connectivity index (χ4n) is 5.37. The van der Waals surface area contributed by atoms with Crippen molar-refractivity contribution in [1.29, 1.82) is 0 Å². The zero-order valence-electron chi connectivity index (χ0n) is 23.2. The van der Waals surface area contributed by atoms with E-state index in [1.807, 2.05) is 74.5 Å². The molecule has 2 N–H and O–H groups in total. The van der Waals surface area contributed by atoms with E-state index in [0.717, 1.165) is 54.6 Å². The first-order valence-corrected chi connectivity index (χ1v) is 13.6. The molecule has 8 heteroatoms. The first kappa shape index (κ1) is 27.1. The number of aromatic nitrogens is 2. The van der Waals surface area contributed by atoms with Crippen LogP contribution in [0.2, 0.25) is 0 Å². The van der Waals surface area contributed by atoms with Crippen molar-refractivity contribution < 1.29 is 14.7 Å². The zero-order valence-corrected chi connectivity index (χ0v) is 23.2. The van der Waals surface area contributed by atoms with Gasteiger partial charge in [-0.1, -0.05) is 30.3 Å². The molecule has 4 aromatic rings. The van der Waals surface area contributed by atoms with Gasteiger partial charge in [-0.25, -0.2) is 4.98 Å². The Kier molecular flexibility index (Phi) is 7.98. The molecule has 3 heterocycles. The van der Waals surface area contributed by atoms with Crippen molar-refractivity contribution in [3.05, 3.63) is 95.4 Å². The lowest BCUT2D eigenvalue weighted by molar-refractivity contribution is -0.112. The molecule has 2 aromatic heterocycles. The summed E-state index contributed by atoms with van der Waals surface area (Å²) in [6, 6.07) is 23.2. The SMILES string of the molecule is Cc1cc(C)nc(N2CCN(c3ccc(NC(=O)C(=O)c4c(-c5ccccc5)cc(C)n4CCO)cc3)CC2)c1. The molecule has 0 spiro atoms. The predicted molar refractivity (Wildman–Crippen MR) is 159 cm³/mol. The van der Waals surface area contributed by atoms with Crippen molar-refractivity contribution >= 4 is 28.9 Å². The predicted octanol–water partition coefficient (Wildman–Crippen LogP) is 4.62. The Bertz CT molecular complexity index is 1480. The van der Waals surface area contributed by atoms with Gasteiger partial charge < -0.3 is 24.8 Å². The Labute approximate surface area is 234 Å². The van der Waals surface area contributed by atoms with E-state index in [9.17, 15) is 14.7 Å². The van der Waals surface area contributed by atoms with Gasteiger partial charge in [0.1, 0.15) is 11.5 Å². The molecule has 0 bridgehead atoms. The van der Waals surface area contributed by atoms with E-state index in [1.165, 1.54) is 5.56 Å². The zero-order chi connectivity index (χ0) is 28.2. The largest absolute Gasteiger partial charge is 0.395 e. The van der Waals surface area contributed by atoms with Gasteiger partial charge in [0.2, 0.25) is 0 Å². The molecule has 0 aliphatic carbocycles. The lowest BCUT2D eigenvalue weighted by Gasteiger charge is -2.37. The Morgan fingerprint density at radius 2 is 1.55 bits per heavy atom. The Balaban J connectivity index is 1.26. The quantitative estimate of drug-likeness (QED) is 0.252. The average Bonchev–Trinajstić information content (AvgIpc) is 3.29. The number of ketones is 1. The summed E-state index contributed by atoms with van der Waals surface area (Å²) in [4.78, 5) is 35.9. The fourth-order valence-corrected chi connectivity index (χ4v) is 5.37. The number of Topliss-reactive ketones (excluding diaryl/α,β-unsaturated/α-hetero) is 1. The molecule has 1 fully saturated rings. The Morgan fingerprint density at radius 1 is 0.875 bits per heavy atom. The smallest absolute Gasteiger partial charge is 0.298 e. The van der Waals surface area contributed by atoms with Gasteiger partial charge in [0.05, 0.1) is 6.61 Å². The van der Waals surface area contributed by atoms with Crippen LogP contribution in [0.25, 0.3) is 11.1 Å². The molecule has 1 aliphatic rings. The van der Waals surface area contributed by atoms with Gasteiger partial charge in [0.25, 0.3) is 11.7 Å². The summed E-state index contributed by atoms with van der Waals surface area (Å²) in [6.07, 6.45) is 0. The van der Waals surface area contributed by atoms with Crippen LogP contribution in [-0.4, -0.2) is 59.1 Å². The molecule has 8 nitrogen and oxygen atoms in total. The summed E-state index contributed by atoms with van der Waals surface area (Å²) >= 11 is 0. The maximum atomic E-state index is 13.4. The van der Waals surface area contributed by atoms with Crippen LogP contribution in [-0.2, 0) is 11.3 Å². The minimum absolute atomic E-state index is 0.136. The highest BCUT2D eigenvalue weighted by Crippen LogP contribution is 2.29. The Morgan fingerprint density at radius 3 is 2.20 bits per heavy atom. The van der Waals surface area contributed by atoms with E-state index < -0.39 is 11.7 Å². The molecule has 2 aromatic carbocycles. The first-order valence-electron chi connectivity index (χ1n) is 13.6. The van der Waals surface area contributed by atoms with Gasteiger partial charge in [0, 0.05) is 61.0 Å². The number of aliphatic hydroxyl groups is 1. The van der Waals surface area contributed by atoms with E-state index in [2.05, 4.69) is 34.2 Å². The molecule has 1 amide bonds. The third-order valence-corrected chi connectivity index (χ3v) is 7.31. The van der Waals surface area contributed by atoms with Crippen molar-refractivity contribution in [2.75, 3.05) is 47.9 Å². The summed E-state index contributed by atoms with van der Waals surface area (Å²) in [5.41, 5.74) is 6.48. The number of carbonyl (C=O) groups excluding carboxylic acids is 2. The molecule has 206 valence electrons. The highest BCUT2D eigenvalue weighted by atomic mass is 16.3. The van der Waals surface area contributed by atoms with Crippen LogP contribution in [0.4, 0.5) is 17.2 Å². The minimum Gasteiger partial charge on any atom is -0.395 e. The van der Waals surface area contributed by atoms with Crippen LogP contribution in [0.3, 0.4) is 0 Å². The van der Waals surface area contributed by atoms with Crippen LogP contribution >= 0.6 is 0 Å². The molecule has 0 atom stereocenters. The van der Waals surface area contributed by atoms with Gasteiger partial charge in [-0.3, -0.25) is 9.59 Å². The van der Waals surface area contributed by atoms with E-state index in [0.29, 0.717) is 11.3 Å². The van der Waals surface area contributed by atoms with Gasteiger partial charge in [-0.15, -0.1) is 0 Å². The Hall–Kier alpha value is -4.43. The standard InChI is InChI=1S/C32H35N5O3/c1-22-19-23(2)33-29(20-22)36-15-13-35(14-16-36)27-11-9-26(10-12-27)34-32(40)31(39)30-28(25-7-5-4-6-8-25)21-24(3)37(30)17-18-38/h4-12,19-21,38H,13-18H2,1-3H3,(H,34,40). The molecule has 0 unspecified atom stereocenters. The number of benzene rings is 2. The van der Waals surface area contributed by atoms with Crippen LogP contribution in [0.5, 0.6) is 0 Å². The number of pyridine rings is 1. The summed E-state index contributed by atoms with van der Waals surface area (Å²) < 4.78 is 1.71. The highest BCUT2D eigenvalue weighted by Gasteiger charge is 2.26. The highest BCUT2D eigenvalue weighted by molar-refractivity contribution is 6.47. The number of aliphatic hydroxyl groups excluding tert-OH is 1. The second-order valence-electron chi connectivity index (χ2n) is 10.2. The average molecular weight is 538 g/mol. The maximum Gasteiger partial charge on any atom is 0.298 e. The summed E-state index contributed by atoms with van der Waals surface area (Å²) in [5, 5.41) is 12.4. The van der Waals surface area contributed by atoms with Gasteiger partial charge in [0.15, 0.2) is 0 Å². The minimum atomic E-state index is -0.711. The van der Waals surface area contributed by atoms with E-state index in [4.69, 9.17) is 4.98 Å². The van der Waals surface area contributed by atoms with E-state index in [-0.39, 0.29) is 18.8 Å². The third kappa shape index (κ3) is 5.77. The van der Waals surface area contributed by atoms with Crippen LogP contribution in [0.1, 0.15) is 27.4 Å². The second kappa shape index (κ2) is 11.8. The number of carbonyl (C=O) groups is 2. The van der Waals surface area contributed by atoms with Gasteiger partial charge in [-0.05, 0) is 74.4 Å². The number of nitrogens with one attached hydrogen (secondary N) is 1. The van der Waals surface area contributed by atoms with E-state index in [1.54, 1.807) is 4.57 Å². The number of piperazine rings is 1. The number of hydrogen-bond acceptors (Lipinski definition) is 6. The molecule has 0 saturated carbocycles. The molecule has 40 heavy (non-hydrogen) atoms. The molecule has 0 radical (unpaired) electrons. The summed E-state index contributed by atoms with van der Waals surface area (Å²) in [5.74, 6) is -0.326. The van der Waals surface area contributed by atoms with Gasteiger partial charge in [-0.2, -0.15) is 0 Å². The van der Waals surface area contributed by atoms with Crippen LogP contribution < -0.4 is 15.1 Å².